The lowest BCUT2D eigenvalue weighted by Crippen LogP contribution is -2.27. The number of aliphatic hydroxyl groups is 1. The van der Waals surface area contributed by atoms with E-state index in [-0.39, 0.29) is 6.61 Å². The van der Waals surface area contributed by atoms with Crippen LogP contribution in [0.5, 0.6) is 0 Å². The van der Waals surface area contributed by atoms with Gasteiger partial charge in [0, 0.05) is 26.3 Å². The molecule has 0 unspecified atom stereocenters. The van der Waals surface area contributed by atoms with Gasteiger partial charge in [0.25, 0.3) is 0 Å². The molecule has 0 spiro atoms. The van der Waals surface area contributed by atoms with Gasteiger partial charge in [-0.05, 0) is 31.9 Å². The van der Waals surface area contributed by atoms with Crippen molar-refractivity contribution in [2.75, 3.05) is 32.9 Å². The molecule has 1 aromatic rings. The Morgan fingerprint density at radius 3 is 2.27 bits per heavy atom. The molecule has 0 saturated carbocycles. The Kier molecular flexibility index (Phi) is 12.0. The van der Waals surface area contributed by atoms with E-state index in [4.69, 9.17) is 4.74 Å². The molecule has 1 rings (SSSR count). The quantitative estimate of drug-likeness (QED) is 0.530. The monoisotopic (exact) mass is 307 g/mol. The lowest BCUT2D eigenvalue weighted by atomic mass is 10.1. The van der Waals surface area contributed by atoms with Crippen LogP contribution in [-0.2, 0) is 11.3 Å². The first-order valence-electron chi connectivity index (χ1n) is 8.81. The summed E-state index contributed by atoms with van der Waals surface area (Å²) in [5, 5.41) is 9.20. The molecule has 0 aliphatic carbocycles. The van der Waals surface area contributed by atoms with Gasteiger partial charge in [-0.15, -0.1) is 0 Å². The van der Waals surface area contributed by atoms with Crippen LogP contribution in [0.2, 0.25) is 0 Å². The normalized spacial score (nSPS) is 11.2. The highest BCUT2D eigenvalue weighted by Gasteiger charge is 2.05. The fourth-order valence-corrected chi connectivity index (χ4v) is 2.64. The number of hydrogen-bond donors (Lipinski definition) is 1. The molecule has 0 atom stereocenters. The maximum atomic E-state index is 9.20. The molecule has 0 aliphatic heterocycles. The number of benzene rings is 1. The standard InChI is InChI=1S/C19H33NO2/c1-2-22-17-11-6-4-3-5-10-14-20(15-16-21)18-19-12-8-7-9-13-19/h7-9,12-13,21H,2-6,10-11,14-18H2,1H3. The third-order valence-corrected chi connectivity index (χ3v) is 3.88. The number of unbranched alkanes of at least 4 members (excludes halogenated alkanes) is 5. The predicted molar refractivity (Wildman–Crippen MR) is 93.0 cm³/mol. The number of aliphatic hydroxyl groups excluding tert-OH is 1. The van der Waals surface area contributed by atoms with Crippen molar-refractivity contribution in [2.45, 2.75) is 52.0 Å². The number of nitrogens with zero attached hydrogens (tertiary/aromatic N) is 1. The molecule has 3 heteroatoms. The largest absolute Gasteiger partial charge is 0.395 e. The minimum atomic E-state index is 0.240. The van der Waals surface area contributed by atoms with Gasteiger partial charge in [0.05, 0.1) is 6.61 Å². The van der Waals surface area contributed by atoms with Crippen LogP contribution in [0.15, 0.2) is 30.3 Å². The summed E-state index contributed by atoms with van der Waals surface area (Å²) in [4.78, 5) is 2.35. The van der Waals surface area contributed by atoms with E-state index in [1.165, 1.54) is 44.1 Å². The van der Waals surface area contributed by atoms with Crippen molar-refractivity contribution < 1.29 is 9.84 Å². The summed E-state index contributed by atoms with van der Waals surface area (Å²) in [6, 6.07) is 10.5. The lowest BCUT2D eigenvalue weighted by molar-refractivity contribution is 0.143. The Hall–Kier alpha value is -0.900. The summed E-state index contributed by atoms with van der Waals surface area (Å²) in [6.07, 6.45) is 7.60. The lowest BCUT2D eigenvalue weighted by Gasteiger charge is -2.21. The second-order valence-corrected chi connectivity index (χ2v) is 5.80. The van der Waals surface area contributed by atoms with Crippen molar-refractivity contribution in [1.82, 2.24) is 4.90 Å². The minimum Gasteiger partial charge on any atom is -0.395 e. The summed E-state index contributed by atoms with van der Waals surface area (Å²) >= 11 is 0. The molecule has 0 aromatic heterocycles. The van der Waals surface area contributed by atoms with Crippen molar-refractivity contribution >= 4 is 0 Å². The zero-order valence-electron chi connectivity index (χ0n) is 14.2. The van der Waals surface area contributed by atoms with E-state index in [1.807, 2.05) is 13.0 Å². The zero-order chi connectivity index (χ0) is 15.9. The fourth-order valence-electron chi connectivity index (χ4n) is 2.64. The van der Waals surface area contributed by atoms with Crippen molar-refractivity contribution in [1.29, 1.82) is 0 Å². The topological polar surface area (TPSA) is 32.7 Å². The maximum Gasteiger partial charge on any atom is 0.0558 e. The Bertz CT molecular complexity index is 343. The number of rotatable bonds is 14. The predicted octanol–water partition coefficient (Wildman–Crippen LogP) is 3.86. The van der Waals surface area contributed by atoms with E-state index < -0.39 is 0 Å². The minimum absolute atomic E-state index is 0.240. The van der Waals surface area contributed by atoms with Crippen LogP contribution >= 0.6 is 0 Å². The van der Waals surface area contributed by atoms with Gasteiger partial charge in [-0.1, -0.05) is 56.0 Å². The molecule has 126 valence electrons. The summed E-state index contributed by atoms with van der Waals surface area (Å²) in [7, 11) is 0. The Balaban J connectivity index is 2.06. The first-order chi connectivity index (χ1) is 10.9. The molecule has 0 saturated heterocycles. The van der Waals surface area contributed by atoms with Gasteiger partial charge in [0.2, 0.25) is 0 Å². The van der Waals surface area contributed by atoms with Gasteiger partial charge >= 0.3 is 0 Å². The number of ether oxygens (including phenoxy) is 1. The van der Waals surface area contributed by atoms with Gasteiger partial charge in [-0.3, -0.25) is 4.90 Å². The van der Waals surface area contributed by atoms with Gasteiger partial charge < -0.3 is 9.84 Å². The highest BCUT2D eigenvalue weighted by atomic mass is 16.5. The molecule has 0 amide bonds. The molecular formula is C19H33NO2. The third kappa shape index (κ3) is 9.93. The SMILES string of the molecule is CCOCCCCCCCCN(CCO)Cc1ccccc1. The zero-order valence-corrected chi connectivity index (χ0v) is 14.2. The first kappa shape index (κ1) is 19.1. The Morgan fingerprint density at radius 1 is 0.909 bits per heavy atom. The first-order valence-corrected chi connectivity index (χ1v) is 8.81. The van der Waals surface area contributed by atoms with Crippen molar-refractivity contribution in [2.24, 2.45) is 0 Å². The van der Waals surface area contributed by atoms with Crippen LogP contribution in [0, 0.1) is 0 Å². The van der Waals surface area contributed by atoms with Crippen LogP contribution in [0.4, 0.5) is 0 Å². The molecule has 0 heterocycles. The molecule has 0 fully saturated rings. The van der Waals surface area contributed by atoms with E-state index in [1.54, 1.807) is 0 Å². The van der Waals surface area contributed by atoms with E-state index in [9.17, 15) is 5.11 Å². The molecule has 0 bridgehead atoms. The van der Waals surface area contributed by atoms with E-state index in [0.29, 0.717) is 0 Å². The summed E-state index contributed by atoms with van der Waals surface area (Å²) < 4.78 is 5.35. The molecule has 1 aromatic carbocycles. The smallest absolute Gasteiger partial charge is 0.0558 e. The highest BCUT2D eigenvalue weighted by Crippen LogP contribution is 2.09. The van der Waals surface area contributed by atoms with Crippen molar-refractivity contribution in [3.8, 4) is 0 Å². The average Bonchev–Trinajstić information content (AvgIpc) is 2.54. The highest BCUT2D eigenvalue weighted by molar-refractivity contribution is 5.14. The van der Waals surface area contributed by atoms with Crippen molar-refractivity contribution in [3.63, 3.8) is 0 Å². The molecular weight excluding hydrogens is 274 g/mol. The Labute approximate surface area is 136 Å². The van der Waals surface area contributed by atoms with E-state index in [0.717, 1.165) is 32.8 Å². The van der Waals surface area contributed by atoms with E-state index >= 15 is 0 Å². The van der Waals surface area contributed by atoms with Crippen LogP contribution in [-0.4, -0.2) is 42.9 Å². The molecule has 1 N–H and O–H groups in total. The molecule has 22 heavy (non-hydrogen) atoms. The van der Waals surface area contributed by atoms with Gasteiger partial charge in [-0.2, -0.15) is 0 Å². The van der Waals surface area contributed by atoms with Crippen LogP contribution in [0.25, 0.3) is 0 Å². The molecule has 0 aliphatic rings. The van der Waals surface area contributed by atoms with Crippen molar-refractivity contribution in [3.05, 3.63) is 35.9 Å². The summed E-state index contributed by atoms with van der Waals surface area (Å²) in [6.45, 7) is 6.82. The fraction of sp³-hybridized carbons (Fsp3) is 0.684. The molecule has 0 radical (unpaired) electrons. The van der Waals surface area contributed by atoms with E-state index in [2.05, 4.69) is 29.2 Å². The third-order valence-electron chi connectivity index (χ3n) is 3.88. The second-order valence-electron chi connectivity index (χ2n) is 5.80. The van der Waals surface area contributed by atoms with Crippen LogP contribution in [0.3, 0.4) is 0 Å². The van der Waals surface area contributed by atoms with Gasteiger partial charge in [0.1, 0.15) is 0 Å². The summed E-state index contributed by atoms with van der Waals surface area (Å²) in [5.41, 5.74) is 1.33. The number of hydrogen-bond acceptors (Lipinski definition) is 3. The Morgan fingerprint density at radius 2 is 1.59 bits per heavy atom. The molecule has 3 nitrogen and oxygen atoms in total. The van der Waals surface area contributed by atoms with Crippen LogP contribution < -0.4 is 0 Å². The second kappa shape index (κ2) is 13.7. The maximum absolute atomic E-state index is 9.20. The van der Waals surface area contributed by atoms with Gasteiger partial charge in [-0.25, -0.2) is 0 Å². The summed E-state index contributed by atoms with van der Waals surface area (Å²) in [5.74, 6) is 0. The average molecular weight is 307 g/mol. The van der Waals surface area contributed by atoms with Crippen LogP contribution in [0.1, 0.15) is 51.0 Å². The van der Waals surface area contributed by atoms with Gasteiger partial charge in [0.15, 0.2) is 0 Å².